The summed E-state index contributed by atoms with van der Waals surface area (Å²) in [7, 11) is 0. The van der Waals surface area contributed by atoms with Crippen molar-refractivity contribution in [1.29, 1.82) is 0 Å². The van der Waals surface area contributed by atoms with E-state index in [1.165, 1.54) is 6.07 Å². The van der Waals surface area contributed by atoms with Crippen molar-refractivity contribution in [1.82, 2.24) is 4.90 Å². The van der Waals surface area contributed by atoms with Crippen LogP contribution in [-0.2, 0) is 9.47 Å². The number of hydrogen-bond donors (Lipinski definition) is 2. The smallest absolute Gasteiger partial charge is 0.338 e. The highest BCUT2D eigenvalue weighted by Crippen LogP contribution is 2.16. The molecule has 4 N–H and O–H groups in total. The third-order valence-corrected chi connectivity index (χ3v) is 3.07. The quantitative estimate of drug-likeness (QED) is 0.602. The van der Waals surface area contributed by atoms with Crippen molar-refractivity contribution in [3.63, 3.8) is 0 Å². The zero-order valence-electron chi connectivity index (χ0n) is 10.8. The van der Waals surface area contributed by atoms with E-state index in [0.29, 0.717) is 23.5 Å². The Labute approximate surface area is 112 Å². The van der Waals surface area contributed by atoms with Crippen molar-refractivity contribution in [2.75, 3.05) is 50.9 Å². The van der Waals surface area contributed by atoms with E-state index in [1.54, 1.807) is 12.1 Å². The van der Waals surface area contributed by atoms with Gasteiger partial charge in [-0.15, -0.1) is 0 Å². The molecule has 19 heavy (non-hydrogen) atoms. The number of esters is 1. The second-order valence-electron chi connectivity index (χ2n) is 4.43. The van der Waals surface area contributed by atoms with Gasteiger partial charge in [0, 0.05) is 19.6 Å². The molecule has 6 nitrogen and oxygen atoms in total. The van der Waals surface area contributed by atoms with Gasteiger partial charge in [0.25, 0.3) is 0 Å². The molecular formula is C13H19N3O3. The largest absolute Gasteiger partial charge is 0.461 e. The van der Waals surface area contributed by atoms with Crippen LogP contribution in [0.15, 0.2) is 18.2 Å². The molecule has 0 radical (unpaired) electrons. The first-order chi connectivity index (χ1) is 9.16. The molecule has 0 bridgehead atoms. The molecule has 1 fully saturated rings. The van der Waals surface area contributed by atoms with E-state index in [-0.39, 0.29) is 5.97 Å². The highest BCUT2D eigenvalue weighted by atomic mass is 16.5. The van der Waals surface area contributed by atoms with Crippen LogP contribution < -0.4 is 11.5 Å². The van der Waals surface area contributed by atoms with Crippen molar-refractivity contribution in [2.24, 2.45) is 0 Å². The fraction of sp³-hybridized carbons (Fsp3) is 0.462. The summed E-state index contributed by atoms with van der Waals surface area (Å²) in [6.45, 7) is 4.33. The van der Waals surface area contributed by atoms with E-state index < -0.39 is 0 Å². The van der Waals surface area contributed by atoms with Gasteiger partial charge >= 0.3 is 5.97 Å². The molecule has 0 saturated carbocycles. The van der Waals surface area contributed by atoms with Crippen LogP contribution in [0.4, 0.5) is 11.4 Å². The lowest BCUT2D eigenvalue weighted by molar-refractivity contribution is 0.0195. The van der Waals surface area contributed by atoms with Crippen molar-refractivity contribution in [2.45, 2.75) is 0 Å². The van der Waals surface area contributed by atoms with Gasteiger partial charge in [-0.1, -0.05) is 0 Å². The fourth-order valence-corrected chi connectivity index (χ4v) is 1.88. The second-order valence-corrected chi connectivity index (χ2v) is 4.43. The van der Waals surface area contributed by atoms with Crippen LogP contribution in [0, 0.1) is 0 Å². The maximum atomic E-state index is 11.8. The van der Waals surface area contributed by atoms with Gasteiger partial charge in [0.1, 0.15) is 6.61 Å². The minimum Gasteiger partial charge on any atom is -0.461 e. The normalized spacial score (nSPS) is 16.2. The summed E-state index contributed by atoms with van der Waals surface area (Å²) in [5.74, 6) is -0.375. The molecule has 0 aromatic heterocycles. The Hall–Kier alpha value is -1.79. The lowest BCUT2D eigenvalue weighted by atomic mass is 10.2. The molecule has 1 aliphatic heterocycles. The van der Waals surface area contributed by atoms with Crippen LogP contribution in [-0.4, -0.2) is 50.3 Å². The molecule has 2 rings (SSSR count). The summed E-state index contributed by atoms with van der Waals surface area (Å²) in [5, 5.41) is 0. The summed E-state index contributed by atoms with van der Waals surface area (Å²) >= 11 is 0. The molecule has 1 aliphatic rings. The zero-order chi connectivity index (χ0) is 13.7. The van der Waals surface area contributed by atoms with E-state index in [2.05, 4.69) is 4.90 Å². The lowest BCUT2D eigenvalue weighted by Gasteiger charge is -2.26. The van der Waals surface area contributed by atoms with Crippen LogP contribution >= 0.6 is 0 Å². The summed E-state index contributed by atoms with van der Waals surface area (Å²) in [6.07, 6.45) is 0. The van der Waals surface area contributed by atoms with Crippen LogP contribution in [0.3, 0.4) is 0 Å². The number of hydrogen-bond acceptors (Lipinski definition) is 6. The van der Waals surface area contributed by atoms with Gasteiger partial charge in [0.2, 0.25) is 0 Å². The van der Waals surface area contributed by atoms with Gasteiger partial charge in [-0.05, 0) is 18.2 Å². The van der Waals surface area contributed by atoms with Crippen molar-refractivity contribution in [3.05, 3.63) is 23.8 Å². The molecule has 0 unspecified atom stereocenters. The van der Waals surface area contributed by atoms with Gasteiger partial charge < -0.3 is 20.9 Å². The van der Waals surface area contributed by atoms with Crippen LogP contribution in [0.2, 0.25) is 0 Å². The molecule has 104 valence electrons. The van der Waals surface area contributed by atoms with Gasteiger partial charge in [-0.2, -0.15) is 0 Å². The van der Waals surface area contributed by atoms with Crippen molar-refractivity contribution < 1.29 is 14.3 Å². The highest BCUT2D eigenvalue weighted by molar-refractivity contribution is 5.91. The molecule has 0 aliphatic carbocycles. The monoisotopic (exact) mass is 265 g/mol. The molecule has 6 heteroatoms. The first kappa shape index (κ1) is 13.6. The molecule has 1 aromatic rings. The lowest BCUT2D eigenvalue weighted by Crippen LogP contribution is -2.38. The van der Waals surface area contributed by atoms with Crippen molar-refractivity contribution in [3.8, 4) is 0 Å². The Morgan fingerprint density at radius 2 is 2.00 bits per heavy atom. The number of benzene rings is 1. The summed E-state index contributed by atoms with van der Waals surface area (Å²) in [5.41, 5.74) is 12.5. The van der Waals surface area contributed by atoms with Crippen molar-refractivity contribution >= 4 is 17.3 Å². The third-order valence-electron chi connectivity index (χ3n) is 3.07. The van der Waals surface area contributed by atoms with E-state index in [0.717, 1.165) is 32.8 Å². The van der Waals surface area contributed by atoms with E-state index >= 15 is 0 Å². The average Bonchev–Trinajstić information content (AvgIpc) is 2.43. The first-order valence-electron chi connectivity index (χ1n) is 6.29. The highest BCUT2D eigenvalue weighted by Gasteiger charge is 2.12. The Morgan fingerprint density at radius 3 is 2.68 bits per heavy atom. The molecule has 1 saturated heterocycles. The SMILES string of the molecule is Nc1ccc(C(=O)OCCN2CCOCC2)cc1N. The minimum atomic E-state index is -0.375. The number of anilines is 2. The number of nitrogen functional groups attached to an aromatic ring is 2. The van der Waals surface area contributed by atoms with E-state index in [9.17, 15) is 4.79 Å². The Kier molecular flexibility index (Phi) is 4.59. The maximum absolute atomic E-state index is 11.8. The number of carbonyl (C=O) groups excluding carboxylic acids is 1. The topological polar surface area (TPSA) is 90.8 Å². The maximum Gasteiger partial charge on any atom is 0.338 e. The van der Waals surface area contributed by atoms with Gasteiger partial charge in [0.15, 0.2) is 0 Å². The van der Waals surface area contributed by atoms with Gasteiger partial charge in [0.05, 0.1) is 30.2 Å². The zero-order valence-corrected chi connectivity index (χ0v) is 10.8. The van der Waals surface area contributed by atoms with E-state index in [4.69, 9.17) is 20.9 Å². The molecule has 1 heterocycles. The number of nitrogens with two attached hydrogens (primary N) is 2. The predicted molar refractivity (Wildman–Crippen MR) is 72.8 cm³/mol. The number of rotatable bonds is 4. The second kappa shape index (κ2) is 6.40. The number of ether oxygens (including phenoxy) is 2. The molecule has 0 spiro atoms. The first-order valence-corrected chi connectivity index (χ1v) is 6.29. The Balaban J connectivity index is 1.78. The summed E-state index contributed by atoms with van der Waals surface area (Å²) < 4.78 is 10.5. The molecule has 0 amide bonds. The number of nitrogens with zero attached hydrogens (tertiary/aromatic N) is 1. The number of morpholine rings is 1. The summed E-state index contributed by atoms with van der Waals surface area (Å²) in [6, 6.07) is 4.75. The third kappa shape index (κ3) is 3.84. The fourth-order valence-electron chi connectivity index (χ4n) is 1.88. The van der Waals surface area contributed by atoms with Crippen LogP contribution in [0.25, 0.3) is 0 Å². The Bertz CT molecular complexity index is 445. The molecular weight excluding hydrogens is 246 g/mol. The number of carbonyl (C=O) groups is 1. The standard InChI is InChI=1S/C13H19N3O3/c14-11-2-1-10(9-12(11)15)13(17)19-8-5-16-3-6-18-7-4-16/h1-2,9H,3-8,14-15H2. The van der Waals surface area contributed by atoms with Gasteiger partial charge in [-0.25, -0.2) is 4.79 Å². The van der Waals surface area contributed by atoms with Gasteiger partial charge in [-0.3, -0.25) is 4.90 Å². The minimum absolute atomic E-state index is 0.364. The average molecular weight is 265 g/mol. The van der Waals surface area contributed by atoms with Crippen LogP contribution in [0.1, 0.15) is 10.4 Å². The Morgan fingerprint density at radius 1 is 1.26 bits per heavy atom. The van der Waals surface area contributed by atoms with E-state index in [1.807, 2.05) is 0 Å². The molecule has 1 aromatic carbocycles. The molecule has 0 atom stereocenters. The van der Waals surface area contributed by atoms with Crippen LogP contribution in [0.5, 0.6) is 0 Å². The predicted octanol–water partition coefficient (Wildman–Crippen LogP) is 0.340. The summed E-state index contributed by atoms with van der Waals surface area (Å²) in [4.78, 5) is 14.0.